The maximum Gasteiger partial charge on any atom is 0.358 e. The maximum absolute atomic E-state index is 11.3. The highest BCUT2D eigenvalue weighted by molar-refractivity contribution is 7.14. The van der Waals surface area contributed by atoms with Crippen LogP contribution >= 0.6 is 11.3 Å². The number of carbonyl (C=O) groups is 1. The van der Waals surface area contributed by atoms with Crippen LogP contribution in [0.1, 0.15) is 10.5 Å². The SMILES string of the molecule is C=CCOC(=O)c1csc(NC(=N)N)n1. The molecule has 0 saturated heterocycles. The first-order chi connectivity index (χ1) is 7.13. The third-order valence-corrected chi connectivity index (χ3v) is 2.04. The average molecular weight is 226 g/mol. The van der Waals surface area contributed by atoms with E-state index in [-0.39, 0.29) is 18.3 Å². The molecule has 0 saturated carbocycles. The van der Waals surface area contributed by atoms with Crippen LogP contribution in [0.15, 0.2) is 18.0 Å². The van der Waals surface area contributed by atoms with Gasteiger partial charge in [-0.2, -0.15) is 0 Å². The molecule has 80 valence electrons. The molecule has 0 aromatic carbocycles. The Balaban J connectivity index is 2.62. The van der Waals surface area contributed by atoms with Crippen molar-refractivity contribution in [3.8, 4) is 0 Å². The van der Waals surface area contributed by atoms with Crippen molar-refractivity contribution < 1.29 is 9.53 Å². The van der Waals surface area contributed by atoms with Gasteiger partial charge >= 0.3 is 5.97 Å². The summed E-state index contributed by atoms with van der Waals surface area (Å²) in [6, 6.07) is 0. The molecule has 7 heteroatoms. The predicted octanol–water partition coefficient (Wildman–Crippen LogP) is 0.791. The molecule has 0 radical (unpaired) electrons. The van der Waals surface area contributed by atoms with Gasteiger partial charge in [-0.1, -0.05) is 12.7 Å². The Morgan fingerprint density at radius 2 is 2.60 bits per heavy atom. The van der Waals surface area contributed by atoms with Crippen molar-refractivity contribution in [3.63, 3.8) is 0 Å². The minimum atomic E-state index is -0.525. The molecule has 0 aliphatic heterocycles. The first-order valence-corrected chi connectivity index (χ1v) is 4.86. The van der Waals surface area contributed by atoms with Gasteiger partial charge in [-0.15, -0.1) is 11.3 Å². The third-order valence-electron chi connectivity index (χ3n) is 1.29. The Morgan fingerprint density at radius 1 is 1.87 bits per heavy atom. The lowest BCUT2D eigenvalue weighted by Crippen LogP contribution is -2.20. The van der Waals surface area contributed by atoms with Crippen LogP contribution in [0.25, 0.3) is 0 Å². The van der Waals surface area contributed by atoms with Gasteiger partial charge in [0.15, 0.2) is 16.8 Å². The zero-order valence-electron chi connectivity index (χ0n) is 7.82. The van der Waals surface area contributed by atoms with Crippen LogP contribution in [0, 0.1) is 5.41 Å². The fourth-order valence-electron chi connectivity index (χ4n) is 0.749. The second kappa shape index (κ2) is 5.11. The summed E-state index contributed by atoms with van der Waals surface area (Å²) >= 11 is 1.17. The van der Waals surface area contributed by atoms with Crippen LogP contribution < -0.4 is 11.1 Å². The normalized spacial score (nSPS) is 9.33. The molecule has 0 spiro atoms. The molecule has 1 heterocycles. The lowest BCUT2D eigenvalue weighted by atomic mass is 10.5. The van der Waals surface area contributed by atoms with Crippen LogP contribution in [0.5, 0.6) is 0 Å². The number of nitrogens with two attached hydrogens (primary N) is 1. The van der Waals surface area contributed by atoms with Crippen molar-refractivity contribution >= 4 is 28.4 Å². The Kier molecular flexibility index (Phi) is 3.81. The monoisotopic (exact) mass is 226 g/mol. The molecule has 4 N–H and O–H groups in total. The number of thiazole rings is 1. The number of nitrogens with zero attached hydrogens (tertiary/aromatic N) is 1. The number of hydrogen-bond acceptors (Lipinski definition) is 5. The summed E-state index contributed by atoms with van der Waals surface area (Å²) in [5.41, 5.74) is 5.29. The minimum Gasteiger partial charge on any atom is -0.457 e. The van der Waals surface area contributed by atoms with Gasteiger partial charge in [0.1, 0.15) is 6.61 Å². The first kappa shape index (κ1) is 11.2. The smallest absolute Gasteiger partial charge is 0.358 e. The van der Waals surface area contributed by atoms with Gasteiger partial charge in [-0.3, -0.25) is 5.41 Å². The van der Waals surface area contributed by atoms with Crippen LogP contribution in [0.2, 0.25) is 0 Å². The van der Waals surface area contributed by atoms with E-state index in [1.807, 2.05) is 0 Å². The van der Waals surface area contributed by atoms with Gasteiger partial charge in [0.05, 0.1) is 0 Å². The number of ether oxygens (including phenoxy) is 1. The summed E-state index contributed by atoms with van der Waals surface area (Å²) in [6.07, 6.45) is 1.47. The predicted molar refractivity (Wildman–Crippen MR) is 58.1 cm³/mol. The van der Waals surface area contributed by atoms with Gasteiger partial charge in [0.25, 0.3) is 0 Å². The van der Waals surface area contributed by atoms with Gasteiger partial charge < -0.3 is 15.8 Å². The largest absolute Gasteiger partial charge is 0.457 e. The number of guanidine groups is 1. The molecule has 15 heavy (non-hydrogen) atoms. The van der Waals surface area contributed by atoms with Gasteiger partial charge in [-0.25, -0.2) is 9.78 Å². The molecule has 1 aromatic heterocycles. The molecule has 6 nitrogen and oxygen atoms in total. The third kappa shape index (κ3) is 3.39. The van der Waals surface area contributed by atoms with E-state index < -0.39 is 5.97 Å². The van der Waals surface area contributed by atoms with Crippen molar-refractivity contribution in [2.75, 3.05) is 11.9 Å². The summed E-state index contributed by atoms with van der Waals surface area (Å²) in [5.74, 6) is -0.752. The van der Waals surface area contributed by atoms with E-state index >= 15 is 0 Å². The number of esters is 1. The molecular formula is C8H10N4O2S. The number of carbonyl (C=O) groups excluding carboxylic acids is 1. The maximum atomic E-state index is 11.3. The zero-order chi connectivity index (χ0) is 11.3. The lowest BCUT2D eigenvalue weighted by Gasteiger charge is -1.97. The second-order valence-electron chi connectivity index (χ2n) is 2.46. The Labute approximate surface area is 90.3 Å². The molecule has 0 atom stereocenters. The van der Waals surface area contributed by atoms with Crippen molar-refractivity contribution in [3.05, 3.63) is 23.7 Å². The van der Waals surface area contributed by atoms with Gasteiger partial charge in [-0.05, 0) is 0 Å². The average Bonchev–Trinajstić information content (AvgIpc) is 2.61. The van der Waals surface area contributed by atoms with Crippen LogP contribution in [-0.2, 0) is 4.74 Å². The minimum absolute atomic E-state index is 0.145. The van der Waals surface area contributed by atoms with Crippen molar-refractivity contribution in [2.45, 2.75) is 0 Å². The van der Waals surface area contributed by atoms with E-state index in [2.05, 4.69) is 16.9 Å². The Morgan fingerprint density at radius 3 is 3.20 bits per heavy atom. The van der Waals surface area contributed by atoms with E-state index in [0.29, 0.717) is 5.13 Å². The fraction of sp³-hybridized carbons (Fsp3) is 0.125. The van der Waals surface area contributed by atoms with Crippen LogP contribution in [0.3, 0.4) is 0 Å². The molecule has 1 rings (SSSR count). The summed E-state index contributed by atoms with van der Waals surface area (Å²) < 4.78 is 4.77. The second-order valence-corrected chi connectivity index (χ2v) is 3.32. The van der Waals surface area contributed by atoms with Crippen LogP contribution in [-0.4, -0.2) is 23.5 Å². The van der Waals surface area contributed by atoms with Gasteiger partial charge in [0, 0.05) is 5.38 Å². The molecule has 0 fully saturated rings. The van der Waals surface area contributed by atoms with E-state index in [1.54, 1.807) is 0 Å². The number of hydrogen-bond donors (Lipinski definition) is 3. The molecule has 1 aromatic rings. The lowest BCUT2D eigenvalue weighted by molar-refractivity contribution is 0.0544. The van der Waals surface area contributed by atoms with E-state index in [1.165, 1.54) is 22.8 Å². The number of aromatic nitrogens is 1. The summed E-state index contributed by atoms with van der Waals surface area (Å²) in [7, 11) is 0. The van der Waals surface area contributed by atoms with Crippen LogP contribution in [0.4, 0.5) is 5.13 Å². The summed E-state index contributed by atoms with van der Waals surface area (Å²) in [6.45, 7) is 3.56. The number of anilines is 1. The summed E-state index contributed by atoms with van der Waals surface area (Å²) in [5, 5.41) is 11.3. The topological polar surface area (TPSA) is 101 Å². The Hall–Kier alpha value is -1.89. The van der Waals surface area contributed by atoms with Gasteiger partial charge in [0.2, 0.25) is 0 Å². The highest BCUT2D eigenvalue weighted by Gasteiger charge is 2.11. The molecule has 0 unspecified atom stereocenters. The highest BCUT2D eigenvalue weighted by Crippen LogP contribution is 2.15. The van der Waals surface area contributed by atoms with E-state index in [0.717, 1.165) is 0 Å². The quantitative estimate of drug-likeness (QED) is 0.305. The molecule has 0 bridgehead atoms. The zero-order valence-corrected chi connectivity index (χ0v) is 8.63. The molecule has 0 aliphatic rings. The highest BCUT2D eigenvalue weighted by atomic mass is 32.1. The van der Waals surface area contributed by atoms with E-state index in [9.17, 15) is 4.79 Å². The molecular weight excluding hydrogens is 216 g/mol. The van der Waals surface area contributed by atoms with Crippen molar-refractivity contribution in [1.82, 2.24) is 4.98 Å². The standard InChI is InChI=1S/C8H10N4O2S/c1-2-3-14-6(13)5-4-15-8(11-5)12-7(9)10/h2,4H,1,3H2,(H4,9,10,11,12). The number of rotatable bonds is 4. The summed E-state index contributed by atoms with van der Waals surface area (Å²) in [4.78, 5) is 15.1. The van der Waals surface area contributed by atoms with E-state index in [4.69, 9.17) is 15.9 Å². The van der Waals surface area contributed by atoms with Crippen molar-refractivity contribution in [1.29, 1.82) is 5.41 Å². The molecule has 0 aliphatic carbocycles. The molecule has 0 amide bonds. The fourth-order valence-corrected chi connectivity index (χ4v) is 1.44. The Bertz CT molecular complexity index is 388. The number of nitrogens with one attached hydrogen (secondary N) is 2. The van der Waals surface area contributed by atoms with Crippen molar-refractivity contribution in [2.24, 2.45) is 5.73 Å². The first-order valence-electron chi connectivity index (χ1n) is 3.98.